The molecular formula is C8H11NO2. The Morgan fingerprint density at radius 2 is 1.91 bits per heavy atom. The summed E-state index contributed by atoms with van der Waals surface area (Å²) in [7, 11) is 0. The first-order valence-corrected chi connectivity index (χ1v) is 3.07. The molecule has 1 rings (SSSR count). The van der Waals surface area contributed by atoms with Crippen LogP contribution in [0.4, 0.5) is 5.69 Å². The van der Waals surface area contributed by atoms with E-state index in [-0.39, 0.29) is 11.3 Å². The van der Waals surface area contributed by atoms with Crippen LogP contribution in [0.15, 0.2) is 24.3 Å². The van der Waals surface area contributed by atoms with E-state index in [2.05, 4.69) is 0 Å². The fourth-order valence-corrected chi connectivity index (χ4v) is 0.818. The van der Waals surface area contributed by atoms with Gasteiger partial charge in [0, 0.05) is 11.3 Å². The second kappa shape index (κ2) is 3.73. The van der Waals surface area contributed by atoms with Gasteiger partial charge in [-0.1, -0.05) is 12.1 Å². The van der Waals surface area contributed by atoms with Gasteiger partial charge in [0.1, 0.15) is 0 Å². The summed E-state index contributed by atoms with van der Waals surface area (Å²) in [4.78, 5) is 10.8. The first-order chi connectivity index (χ1) is 4.72. The highest BCUT2D eigenvalue weighted by molar-refractivity contribution is 5.98. The molecule has 0 aliphatic carbocycles. The molecule has 0 aromatic heterocycles. The van der Waals surface area contributed by atoms with Crippen LogP contribution in [-0.4, -0.2) is 11.3 Å². The standard InChI is InChI=1S/C8H9NO.H2O/c1-6(10)7-4-2-3-5-8(7)9;/h2-5H,9H2,1H3;1H2. The maximum atomic E-state index is 10.8. The summed E-state index contributed by atoms with van der Waals surface area (Å²) < 4.78 is 0. The zero-order valence-corrected chi connectivity index (χ0v) is 6.29. The highest BCUT2D eigenvalue weighted by atomic mass is 16.1. The lowest BCUT2D eigenvalue weighted by molar-refractivity contribution is 0.101. The van der Waals surface area contributed by atoms with Crippen molar-refractivity contribution in [2.75, 3.05) is 5.73 Å². The largest absolute Gasteiger partial charge is 0.412 e. The van der Waals surface area contributed by atoms with E-state index >= 15 is 0 Å². The summed E-state index contributed by atoms with van der Waals surface area (Å²) in [6.45, 7) is 1.51. The van der Waals surface area contributed by atoms with Gasteiger partial charge >= 0.3 is 0 Å². The average molecular weight is 153 g/mol. The first-order valence-electron chi connectivity index (χ1n) is 3.07. The number of anilines is 1. The Kier molecular flexibility index (Phi) is 3.27. The molecule has 0 aliphatic rings. The number of rotatable bonds is 1. The molecule has 0 amide bonds. The minimum Gasteiger partial charge on any atom is -0.412 e. The molecular weight excluding hydrogens is 142 g/mol. The molecule has 1 aromatic carbocycles. The number of hydrogen-bond donors (Lipinski definition) is 1. The van der Waals surface area contributed by atoms with Crippen molar-refractivity contribution in [2.24, 2.45) is 0 Å². The summed E-state index contributed by atoms with van der Waals surface area (Å²) in [5, 5.41) is 0. The summed E-state index contributed by atoms with van der Waals surface area (Å²) >= 11 is 0. The van der Waals surface area contributed by atoms with E-state index in [0.29, 0.717) is 11.3 Å². The van der Waals surface area contributed by atoms with Crippen LogP contribution >= 0.6 is 0 Å². The molecule has 0 spiro atoms. The monoisotopic (exact) mass is 153 g/mol. The van der Waals surface area contributed by atoms with Crippen molar-refractivity contribution in [3.63, 3.8) is 0 Å². The average Bonchev–Trinajstić information content (AvgIpc) is 1.88. The van der Waals surface area contributed by atoms with Crippen molar-refractivity contribution in [3.05, 3.63) is 29.8 Å². The number of ketones is 1. The quantitative estimate of drug-likeness (QED) is 0.475. The van der Waals surface area contributed by atoms with Crippen LogP contribution in [0.5, 0.6) is 0 Å². The van der Waals surface area contributed by atoms with Gasteiger partial charge in [-0.3, -0.25) is 4.79 Å². The summed E-state index contributed by atoms with van der Waals surface area (Å²) in [5.74, 6) is 0.0121. The van der Waals surface area contributed by atoms with Gasteiger partial charge in [-0.15, -0.1) is 0 Å². The fraction of sp³-hybridized carbons (Fsp3) is 0.125. The molecule has 11 heavy (non-hydrogen) atoms. The third-order valence-electron chi connectivity index (χ3n) is 1.34. The number of Topliss-reactive ketones (excluding diaryl/α,β-unsaturated/α-hetero) is 1. The highest BCUT2D eigenvalue weighted by Crippen LogP contribution is 2.09. The van der Waals surface area contributed by atoms with E-state index in [9.17, 15) is 4.79 Å². The second-order valence-corrected chi connectivity index (χ2v) is 2.14. The SMILES string of the molecule is CC(=O)c1ccccc1N.O. The Morgan fingerprint density at radius 3 is 2.27 bits per heavy atom. The summed E-state index contributed by atoms with van der Waals surface area (Å²) in [6.07, 6.45) is 0. The maximum Gasteiger partial charge on any atom is 0.161 e. The number of carbonyl (C=O) groups excluding carboxylic acids is 1. The van der Waals surface area contributed by atoms with Crippen molar-refractivity contribution >= 4 is 11.5 Å². The number of nitrogens with two attached hydrogens (primary N) is 1. The Bertz CT molecular complexity index is 258. The molecule has 4 N–H and O–H groups in total. The summed E-state index contributed by atoms with van der Waals surface area (Å²) in [6, 6.07) is 7.04. The lowest BCUT2D eigenvalue weighted by Gasteiger charge is -1.97. The predicted octanol–water partition coefficient (Wildman–Crippen LogP) is 0.647. The van der Waals surface area contributed by atoms with E-state index < -0.39 is 0 Å². The molecule has 0 unspecified atom stereocenters. The second-order valence-electron chi connectivity index (χ2n) is 2.14. The van der Waals surface area contributed by atoms with Crippen LogP contribution in [0.1, 0.15) is 17.3 Å². The van der Waals surface area contributed by atoms with Crippen LogP contribution < -0.4 is 5.73 Å². The molecule has 0 saturated carbocycles. The van der Waals surface area contributed by atoms with Gasteiger partial charge in [-0.25, -0.2) is 0 Å². The van der Waals surface area contributed by atoms with Crippen LogP contribution in [-0.2, 0) is 0 Å². The third-order valence-corrected chi connectivity index (χ3v) is 1.34. The number of para-hydroxylation sites is 1. The predicted molar refractivity (Wildman–Crippen MR) is 44.5 cm³/mol. The van der Waals surface area contributed by atoms with Crippen LogP contribution in [0.3, 0.4) is 0 Å². The lowest BCUT2D eigenvalue weighted by atomic mass is 10.1. The Hall–Kier alpha value is -1.35. The van der Waals surface area contributed by atoms with Gasteiger partial charge in [0.05, 0.1) is 0 Å². The fourth-order valence-electron chi connectivity index (χ4n) is 0.818. The first kappa shape index (κ1) is 9.65. The molecule has 0 saturated heterocycles. The molecule has 3 nitrogen and oxygen atoms in total. The van der Waals surface area contributed by atoms with E-state index in [4.69, 9.17) is 5.73 Å². The van der Waals surface area contributed by atoms with Crippen molar-refractivity contribution < 1.29 is 10.3 Å². The zero-order chi connectivity index (χ0) is 7.56. The maximum absolute atomic E-state index is 10.8. The number of benzene rings is 1. The van der Waals surface area contributed by atoms with Gasteiger partial charge in [-0.05, 0) is 19.1 Å². The third kappa shape index (κ3) is 2.05. The van der Waals surface area contributed by atoms with Crippen molar-refractivity contribution in [1.29, 1.82) is 0 Å². The van der Waals surface area contributed by atoms with Crippen LogP contribution in [0.2, 0.25) is 0 Å². The topological polar surface area (TPSA) is 74.6 Å². The minimum absolute atomic E-state index is 0. The molecule has 0 bridgehead atoms. The molecule has 0 radical (unpaired) electrons. The van der Waals surface area contributed by atoms with Crippen LogP contribution in [0.25, 0.3) is 0 Å². The van der Waals surface area contributed by atoms with Gasteiger partial charge < -0.3 is 11.2 Å². The molecule has 0 atom stereocenters. The number of nitrogen functional groups attached to an aromatic ring is 1. The van der Waals surface area contributed by atoms with Gasteiger partial charge in [0.15, 0.2) is 5.78 Å². The van der Waals surface area contributed by atoms with E-state index in [1.165, 1.54) is 6.92 Å². The molecule has 3 heteroatoms. The number of carbonyl (C=O) groups is 1. The molecule has 0 fully saturated rings. The van der Waals surface area contributed by atoms with Gasteiger partial charge in [0.25, 0.3) is 0 Å². The van der Waals surface area contributed by atoms with E-state index in [1.54, 1.807) is 18.2 Å². The Labute approximate surface area is 65.1 Å². The highest BCUT2D eigenvalue weighted by Gasteiger charge is 2.00. The molecule has 0 heterocycles. The lowest BCUT2D eigenvalue weighted by Crippen LogP contribution is -1.97. The molecule has 1 aromatic rings. The smallest absolute Gasteiger partial charge is 0.161 e. The molecule has 0 aliphatic heterocycles. The Balaban J connectivity index is 0.000001000. The summed E-state index contributed by atoms with van der Waals surface area (Å²) in [5.41, 5.74) is 6.65. The van der Waals surface area contributed by atoms with Gasteiger partial charge in [0.2, 0.25) is 0 Å². The normalized spacial score (nSPS) is 8.45. The van der Waals surface area contributed by atoms with E-state index in [0.717, 1.165) is 0 Å². The van der Waals surface area contributed by atoms with Crippen LogP contribution in [0, 0.1) is 0 Å². The van der Waals surface area contributed by atoms with Gasteiger partial charge in [-0.2, -0.15) is 0 Å². The van der Waals surface area contributed by atoms with Crippen molar-refractivity contribution in [3.8, 4) is 0 Å². The number of hydrogen-bond acceptors (Lipinski definition) is 2. The van der Waals surface area contributed by atoms with E-state index in [1.807, 2.05) is 6.07 Å². The van der Waals surface area contributed by atoms with Crippen molar-refractivity contribution in [1.82, 2.24) is 0 Å². The zero-order valence-electron chi connectivity index (χ0n) is 6.29. The molecule has 60 valence electrons. The van der Waals surface area contributed by atoms with Crippen molar-refractivity contribution in [2.45, 2.75) is 6.92 Å². The minimum atomic E-state index is 0. The Morgan fingerprint density at radius 1 is 1.36 bits per heavy atom.